The molecule has 0 aromatic heterocycles. The van der Waals surface area contributed by atoms with E-state index in [4.69, 9.17) is 23.2 Å². The molecular formula is C29H29Cl2F6N3O3. The molecule has 0 radical (unpaired) electrons. The second kappa shape index (κ2) is 12.6. The number of benzene rings is 2. The topological polar surface area (TPSA) is 60.9 Å². The first-order chi connectivity index (χ1) is 20.0. The molecule has 0 aliphatic carbocycles. The lowest BCUT2D eigenvalue weighted by molar-refractivity contribution is -0.143. The first-order valence-corrected chi connectivity index (χ1v) is 14.3. The van der Waals surface area contributed by atoms with Crippen LogP contribution in [0.1, 0.15) is 59.2 Å². The van der Waals surface area contributed by atoms with Gasteiger partial charge in [-0.25, -0.2) is 0 Å². The van der Waals surface area contributed by atoms with Crippen molar-refractivity contribution < 1.29 is 40.7 Å². The van der Waals surface area contributed by atoms with Gasteiger partial charge in [-0.1, -0.05) is 29.3 Å². The molecule has 2 aromatic carbocycles. The van der Waals surface area contributed by atoms with Crippen LogP contribution in [0.2, 0.25) is 10.0 Å². The van der Waals surface area contributed by atoms with Gasteiger partial charge in [0.15, 0.2) is 0 Å². The van der Waals surface area contributed by atoms with Crippen LogP contribution in [0.15, 0.2) is 36.4 Å². The van der Waals surface area contributed by atoms with Crippen molar-refractivity contribution in [1.29, 1.82) is 0 Å². The maximum Gasteiger partial charge on any atom is 0.416 e. The molecule has 3 amide bonds. The van der Waals surface area contributed by atoms with Crippen LogP contribution in [0, 0.1) is 5.92 Å². The number of likely N-dealkylation sites (N-methyl/N-ethyl adjacent to an activating group) is 1. The first-order valence-electron chi connectivity index (χ1n) is 13.5. The van der Waals surface area contributed by atoms with Crippen molar-refractivity contribution in [3.63, 3.8) is 0 Å². The van der Waals surface area contributed by atoms with Crippen LogP contribution in [-0.2, 0) is 21.9 Å². The Balaban J connectivity index is 1.63. The molecule has 0 bridgehead atoms. The Hall–Kier alpha value is -2.99. The van der Waals surface area contributed by atoms with Crippen LogP contribution < -0.4 is 0 Å². The second-order valence-corrected chi connectivity index (χ2v) is 11.7. The number of carbonyl (C=O) groups is 3. The van der Waals surface area contributed by atoms with Crippen molar-refractivity contribution in [3.05, 3.63) is 68.7 Å². The number of hydrogen-bond donors (Lipinski definition) is 0. The lowest BCUT2D eigenvalue weighted by Crippen LogP contribution is -2.53. The molecule has 2 aliphatic rings. The summed E-state index contributed by atoms with van der Waals surface area (Å²) in [6, 6.07) is 4.87. The Morgan fingerprint density at radius 2 is 1.37 bits per heavy atom. The molecule has 2 heterocycles. The largest absolute Gasteiger partial charge is 0.416 e. The standard InChI is InChI=1S/C29H29Cl2F6N3O3/c1-16(41)39-8-5-17(6-9-39)27(43)40-10-7-25(22(15-40)18-3-4-23(30)24(31)13-18)38(2)26(42)19-11-20(28(32,33)34)14-21(12-19)29(35,36)37/h3-4,11-14,17,22,25H,5-10,15H2,1-2H3/t22-,25-/m0/s1. The molecule has 6 nitrogen and oxygen atoms in total. The lowest BCUT2D eigenvalue weighted by atomic mass is 9.83. The Labute approximate surface area is 254 Å². The molecule has 43 heavy (non-hydrogen) atoms. The van der Waals surface area contributed by atoms with Crippen LogP contribution >= 0.6 is 23.2 Å². The van der Waals surface area contributed by atoms with E-state index in [0.29, 0.717) is 43.6 Å². The number of hydrogen-bond acceptors (Lipinski definition) is 3. The van der Waals surface area contributed by atoms with Gasteiger partial charge in [-0.3, -0.25) is 14.4 Å². The van der Waals surface area contributed by atoms with Crippen molar-refractivity contribution in [1.82, 2.24) is 14.7 Å². The van der Waals surface area contributed by atoms with Gasteiger partial charge in [-0.05, 0) is 55.2 Å². The minimum Gasteiger partial charge on any atom is -0.343 e. The molecule has 4 rings (SSSR count). The van der Waals surface area contributed by atoms with E-state index < -0.39 is 46.9 Å². The Bertz CT molecular complexity index is 1360. The van der Waals surface area contributed by atoms with Gasteiger partial charge in [-0.15, -0.1) is 0 Å². The van der Waals surface area contributed by atoms with Crippen LogP contribution in [-0.4, -0.2) is 71.7 Å². The summed E-state index contributed by atoms with van der Waals surface area (Å²) in [5.74, 6) is -2.10. The summed E-state index contributed by atoms with van der Waals surface area (Å²) in [6.45, 7) is 2.71. The van der Waals surface area contributed by atoms with Crippen LogP contribution in [0.25, 0.3) is 0 Å². The minimum absolute atomic E-state index is 0.0275. The highest BCUT2D eigenvalue weighted by Gasteiger charge is 2.41. The van der Waals surface area contributed by atoms with Gasteiger partial charge in [0.2, 0.25) is 11.8 Å². The summed E-state index contributed by atoms with van der Waals surface area (Å²) in [5, 5.41) is 0.468. The number of alkyl halides is 6. The zero-order valence-electron chi connectivity index (χ0n) is 23.2. The number of rotatable bonds is 4. The summed E-state index contributed by atoms with van der Waals surface area (Å²) in [7, 11) is 1.32. The van der Waals surface area contributed by atoms with Gasteiger partial charge >= 0.3 is 12.4 Å². The van der Waals surface area contributed by atoms with Crippen molar-refractivity contribution in [2.75, 3.05) is 33.2 Å². The second-order valence-electron chi connectivity index (χ2n) is 10.9. The van der Waals surface area contributed by atoms with E-state index in [-0.39, 0.29) is 53.4 Å². The van der Waals surface area contributed by atoms with E-state index in [0.717, 1.165) is 4.90 Å². The third-order valence-corrected chi connectivity index (χ3v) is 8.94. The van der Waals surface area contributed by atoms with Gasteiger partial charge in [0.25, 0.3) is 5.91 Å². The molecule has 2 atom stereocenters. The van der Waals surface area contributed by atoms with Crippen molar-refractivity contribution >= 4 is 40.9 Å². The van der Waals surface area contributed by atoms with Crippen molar-refractivity contribution in [2.24, 2.45) is 5.92 Å². The van der Waals surface area contributed by atoms with E-state index in [1.807, 2.05) is 0 Å². The zero-order valence-corrected chi connectivity index (χ0v) is 24.7. The zero-order chi connectivity index (χ0) is 31.9. The molecule has 14 heteroatoms. The molecular weight excluding hydrogens is 623 g/mol. The predicted molar refractivity (Wildman–Crippen MR) is 148 cm³/mol. The molecule has 0 saturated carbocycles. The Morgan fingerprint density at radius 3 is 1.88 bits per heavy atom. The van der Waals surface area contributed by atoms with E-state index in [1.165, 1.54) is 14.0 Å². The molecule has 2 fully saturated rings. The molecule has 0 unspecified atom stereocenters. The van der Waals surface area contributed by atoms with E-state index >= 15 is 0 Å². The maximum atomic E-state index is 13.5. The molecule has 0 N–H and O–H groups in total. The summed E-state index contributed by atoms with van der Waals surface area (Å²) in [5.41, 5.74) is -3.33. The molecule has 2 aliphatic heterocycles. The van der Waals surface area contributed by atoms with Gasteiger partial charge in [0.05, 0.1) is 21.2 Å². The van der Waals surface area contributed by atoms with Gasteiger partial charge < -0.3 is 14.7 Å². The first kappa shape index (κ1) is 32.9. The van der Waals surface area contributed by atoms with Crippen LogP contribution in [0.4, 0.5) is 26.3 Å². The third kappa shape index (κ3) is 7.39. The Kier molecular flexibility index (Phi) is 9.61. The molecule has 234 valence electrons. The lowest BCUT2D eigenvalue weighted by Gasteiger charge is -2.44. The van der Waals surface area contributed by atoms with Gasteiger partial charge in [-0.2, -0.15) is 26.3 Å². The third-order valence-electron chi connectivity index (χ3n) is 8.20. The molecule has 0 spiro atoms. The fraction of sp³-hybridized carbons (Fsp3) is 0.483. The van der Waals surface area contributed by atoms with E-state index in [9.17, 15) is 40.7 Å². The van der Waals surface area contributed by atoms with Crippen molar-refractivity contribution in [3.8, 4) is 0 Å². The monoisotopic (exact) mass is 651 g/mol. The fourth-order valence-corrected chi connectivity index (χ4v) is 6.11. The van der Waals surface area contributed by atoms with Crippen LogP contribution in [0.5, 0.6) is 0 Å². The number of likely N-dealkylation sites (tertiary alicyclic amines) is 2. The average Bonchev–Trinajstić information content (AvgIpc) is 2.96. The van der Waals surface area contributed by atoms with Gasteiger partial charge in [0.1, 0.15) is 0 Å². The highest BCUT2D eigenvalue weighted by Crippen LogP contribution is 2.39. The number of halogens is 8. The summed E-state index contributed by atoms with van der Waals surface area (Å²) >= 11 is 12.4. The van der Waals surface area contributed by atoms with E-state index in [1.54, 1.807) is 28.0 Å². The maximum absolute atomic E-state index is 13.5. The number of carbonyl (C=O) groups excluding carboxylic acids is 3. The predicted octanol–water partition coefficient (Wildman–Crippen LogP) is 6.75. The summed E-state index contributed by atoms with van der Waals surface area (Å²) < 4.78 is 80.8. The summed E-state index contributed by atoms with van der Waals surface area (Å²) in [6.07, 6.45) is -9.03. The smallest absolute Gasteiger partial charge is 0.343 e. The van der Waals surface area contributed by atoms with Gasteiger partial charge in [0, 0.05) is 63.6 Å². The number of nitrogens with zero attached hydrogens (tertiary/aromatic N) is 3. The highest BCUT2D eigenvalue weighted by molar-refractivity contribution is 6.42. The Morgan fingerprint density at radius 1 is 0.814 bits per heavy atom. The fourth-order valence-electron chi connectivity index (χ4n) is 5.81. The average molecular weight is 652 g/mol. The van der Waals surface area contributed by atoms with E-state index in [2.05, 4.69) is 0 Å². The van der Waals surface area contributed by atoms with Crippen LogP contribution in [0.3, 0.4) is 0 Å². The highest BCUT2D eigenvalue weighted by atomic mass is 35.5. The molecule has 2 saturated heterocycles. The number of piperidine rings is 2. The number of amides is 3. The van der Waals surface area contributed by atoms with Crippen molar-refractivity contribution in [2.45, 2.75) is 50.5 Å². The summed E-state index contributed by atoms with van der Waals surface area (Å²) in [4.78, 5) is 43.1. The quantitative estimate of drug-likeness (QED) is 0.344. The molecule has 2 aromatic rings. The SMILES string of the molecule is CC(=O)N1CCC(C(=O)N2CC[C@H](N(C)C(=O)c3cc(C(F)(F)F)cc(C(F)(F)F)c3)[C@H](c3ccc(Cl)c(Cl)c3)C2)CC1. The normalized spacial score (nSPS) is 20.2. The minimum atomic E-state index is -5.11.